The van der Waals surface area contributed by atoms with Crippen molar-refractivity contribution in [3.05, 3.63) is 109 Å². The summed E-state index contributed by atoms with van der Waals surface area (Å²) in [6.07, 6.45) is 0. The third kappa shape index (κ3) is 3.10. The lowest BCUT2D eigenvalue weighted by molar-refractivity contribution is 0.362. The SMILES string of the molecule is C=N/C(=N\Cn1c2c3c(ccc2c2ccc4ccccc4c21)Oc1ccccc1O3)c1ccccc1. The number of ether oxygens (including phenoxy) is 2. The second-order valence-corrected chi connectivity index (χ2v) is 8.70. The molecule has 0 aliphatic carbocycles. The van der Waals surface area contributed by atoms with E-state index in [1.807, 2.05) is 60.7 Å². The van der Waals surface area contributed by atoms with Gasteiger partial charge < -0.3 is 14.0 Å². The fourth-order valence-corrected chi connectivity index (χ4v) is 5.04. The minimum atomic E-state index is 0.346. The molecule has 0 atom stereocenters. The summed E-state index contributed by atoms with van der Waals surface area (Å²) < 4.78 is 14.9. The molecule has 7 rings (SSSR count). The zero-order valence-corrected chi connectivity index (χ0v) is 19.4. The first kappa shape index (κ1) is 20.5. The third-order valence-electron chi connectivity index (χ3n) is 6.65. The van der Waals surface area contributed by atoms with Gasteiger partial charge in [0, 0.05) is 21.7 Å². The zero-order chi connectivity index (χ0) is 24.1. The van der Waals surface area contributed by atoms with Gasteiger partial charge in [0.25, 0.3) is 0 Å². The number of aromatic nitrogens is 1. The predicted molar refractivity (Wildman–Crippen MR) is 146 cm³/mol. The lowest BCUT2D eigenvalue weighted by Gasteiger charge is -2.21. The molecule has 0 unspecified atom stereocenters. The Hall–Kier alpha value is -4.90. The molecular formula is C31H21N3O2. The van der Waals surface area contributed by atoms with E-state index >= 15 is 0 Å². The Morgan fingerprint density at radius 2 is 1.33 bits per heavy atom. The van der Waals surface area contributed by atoms with Crippen LogP contribution in [0.1, 0.15) is 5.56 Å². The number of para-hydroxylation sites is 2. The molecule has 36 heavy (non-hydrogen) atoms. The number of aliphatic imine (C=N–C) groups is 2. The second kappa shape index (κ2) is 8.10. The summed E-state index contributed by atoms with van der Waals surface area (Å²) in [5.74, 6) is 3.37. The predicted octanol–water partition coefficient (Wildman–Crippen LogP) is 7.95. The molecule has 0 radical (unpaired) electrons. The summed E-state index contributed by atoms with van der Waals surface area (Å²) in [7, 11) is 0. The number of benzene rings is 5. The molecule has 1 aliphatic heterocycles. The summed E-state index contributed by atoms with van der Waals surface area (Å²) in [6, 6.07) is 34.5. The Morgan fingerprint density at radius 1 is 0.639 bits per heavy atom. The van der Waals surface area contributed by atoms with Crippen LogP contribution < -0.4 is 9.47 Å². The molecule has 0 amide bonds. The van der Waals surface area contributed by atoms with Crippen molar-refractivity contribution in [2.24, 2.45) is 9.98 Å². The van der Waals surface area contributed by atoms with E-state index < -0.39 is 0 Å². The standard InChI is InChI=1S/C31H21N3O2/c1-32-31(21-10-3-2-4-11-21)33-19-34-28-22-12-6-5-9-20(22)15-16-23(28)24-17-18-27-30(29(24)34)36-26-14-8-7-13-25(26)35-27/h2-18H,1,19H2/b33-31-. The Labute approximate surface area is 207 Å². The number of fused-ring (bicyclic) bond motifs is 8. The highest BCUT2D eigenvalue weighted by Crippen LogP contribution is 2.50. The Kier molecular flexibility index (Phi) is 4.61. The lowest BCUT2D eigenvalue weighted by Crippen LogP contribution is -2.04. The molecular weight excluding hydrogens is 446 g/mol. The molecule has 6 aromatic rings. The van der Waals surface area contributed by atoms with Gasteiger partial charge in [-0.15, -0.1) is 0 Å². The lowest BCUT2D eigenvalue weighted by atomic mass is 10.1. The van der Waals surface area contributed by atoms with Crippen molar-refractivity contribution < 1.29 is 9.47 Å². The highest BCUT2D eigenvalue weighted by molar-refractivity contribution is 6.19. The van der Waals surface area contributed by atoms with Crippen molar-refractivity contribution in [2.75, 3.05) is 0 Å². The number of hydrogen-bond acceptors (Lipinski definition) is 3. The molecule has 1 aromatic heterocycles. The minimum absolute atomic E-state index is 0.346. The van der Waals surface area contributed by atoms with Crippen LogP contribution >= 0.6 is 0 Å². The van der Waals surface area contributed by atoms with Crippen LogP contribution in [0.15, 0.2) is 113 Å². The zero-order valence-electron chi connectivity index (χ0n) is 19.4. The maximum absolute atomic E-state index is 6.46. The van der Waals surface area contributed by atoms with Gasteiger partial charge in [0.15, 0.2) is 28.8 Å². The molecule has 5 heteroatoms. The van der Waals surface area contributed by atoms with E-state index in [1.165, 1.54) is 5.39 Å². The number of hydrogen-bond donors (Lipinski definition) is 0. The van der Waals surface area contributed by atoms with Crippen molar-refractivity contribution in [1.29, 1.82) is 0 Å². The van der Waals surface area contributed by atoms with Crippen molar-refractivity contribution in [3.8, 4) is 23.0 Å². The first-order valence-corrected chi connectivity index (χ1v) is 11.8. The van der Waals surface area contributed by atoms with E-state index in [0.717, 1.165) is 32.8 Å². The van der Waals surface area contributed by atoms with Crippen LogP contribution in [0.3, 0.4) is 0 Å². The summed E-state index contributed by atoms with van der Waals surface area (Å²) in [5.41, 5.74) is 2.96. The van der Waals surface area contributed by atoms with Crippen LogP contribution in [-0.2, 0) is 6.67 Å². The van der Waals surface area contributed by atoms with Crippen LogP contribution in [0.5, 0.6) is 23.0 Å². The highest BCUT2D eigenvalue weighted by atomic mass is 16.6. The van der Waals surface area contributed by atoms with Crippen LogP contribution in [0.25, 0.3) is 32.6 Å². The quantitative estimate of drug-likeness (QED) is 0.196. The van der Waals surface area contributed by atoms with Crippen LogP contribution in [0.2, 0.25) is 0 Å². The summed E-state index contributed by atoms with van der Waals surface area (Å²) in [5, 5.41) is 4.54. The van der Waals surface area contributed by atoms with Gasteiger partial charge in [-0.25, -0.2) is 9.98 Å². The molecule has 0 N–H and O–H groups in total. The molecule has 0 spiro atoms. The second-order valence-electron chi connectivity index (χ2n) is 8.70. The van der Waals surface area contributed by atoms with Crippen molar-refractivity contribution >= 4 is 45.1 Å². The van der Waals surface area contributed by atoms with E-state index in [4.69, 9.17) is 14.5 Å². The van der Waals surface area contributed by atoms with Gasteiger partial charge in [-0.1, -0.05) is 78.9 Å². The molecule has 0 saturated carbocycles. The summed E-state index contributed by atoms with van der Waals surface area (Å²) in [6.45, 7) is 4.12. The molecule has 2 heterocycles. The van der Waals surface area contributed by atoms with Crippen LogP contribution in [0, 0.1) is 0 Å². The number of amidine groups is 1. The van der Waals surface area contributed by atoms with Gasteiger partial charge >= 0.3 is 0 Å². The molecule has 0 fully saturated rings. The van der Waals surface area contributed by atoms with Gasteiger partial charge in [0.2, 0.25) is 0 Å². The van der Waals surface area contributed by atoms with Gasteiger partial charge in [-0.05, 0) is 36.4 Å². The monoisotopic (exact) mass is 467 g/mol. The topological polar surface area (TPSA) is 48.1 Å². The third-order valence-corrected chi connectivity index (χ3v) is 6.65. The largest absolute Gasteiger partial charge is 0.449 e. The van der Waals surface area contributed by atoms with Gasteiger partial charge in [0.1, 0.15) is 6.67 Å². The van der Waals surface area contributed by atoms with E-state index in [1.54, 1.807) is 0 Å². The first-order chi connectivity index (χ1) is 17.8. The van der Waals surface area contributed by atoms with E-state index in [-0.39, 0.29) is 0 Å². The molecule has 5 nitrogen and oxygen atoms in total. The molecule has 172 valence electrons. The van der Waals surface area contributed by atoms with E-state index in [0.29, 0.717) is 35.5 Å². The van der Waals surface area contributed by atoms with E-state index in [2.05, 4.69) is 58.7 Å². The van der Waals surface area contributed by atoms with Crippen molar-refractivity contribution in [3.63, 3.8) is 0 Å². The number of nitrogens with zero attached hydrogens (tertiary/aromatic N) is 3. The van der Waals surface area contributed by atoms with Gasteiger partial charge in [-0.3, -0.25) is 0 Å². The maximum atomic E-state index is 6.46. The average molecular weight is 468 g/mol. The smallest absolute Gasteiger partial charge is 0.194 e. The fraction of sp³-hybridized carbons (Fsp3) is 0.0323. The average Bonchev–Trinajstić information content (AvgIpc) is 3.27. The number of rotatable bonds is 3. The molecule has 5 aromatic carbocycles. The van der Waals surface area contributed by atoms with E-state index in [9.17, 15) is 0 Å². The summed E-state index contributed by atoms with van der Waals surface area (Å²) >= 11 is 0. The Bertz CT molecular complexity index is 1830. The van der Waals surface area contributed by atoms with Crippen molar-refractivity contribution in [2.45, 2.75) is 6.67 Å². The van der Waals surface area contributed by atoms with Crippen LogP contribution in [0.4, 0.5) is 0 Å². The molecule has 0 saturated heterocycles. The first-order valence-electron chi connectivity index (χ1n) is 11.8. The van der Waals surface area contributed by atoms with Crippen molar-refractivity contribution in [1.82, 2.24) is 4.57 Å². The maximum Gasteiger partial charge on any atom is 0.194 e. The molecule has 0 bridgehead atoms. The van der Waals surface area contributed by atoms with Crippen LogP contribution in [-0.4, -0.2) is 17.1 Å². The van der Waals surface area contributed by atoms with Gasteiger partial charge in [0.05, 0.1) is 11.0 Å². The van der Waals surface area contributed by atoms with Gasteiger partial charge in [-0.2, -0.15) is 0 Å². The highest BCUT2D eigenvalue weighted by Gasteiger charge is 2.25. The minimum Gasteiger partial charge on any atom is -0.449 e. The Balaban J connectivity index is 1.52. The fourth-order valence-electron chi connectivity index (χ4n) is 5.04. The molecule has 1 aliphatic rings. The Morgan fingerprint density at radius 3 is 2.17 bits per heavy atom. The normalized spacial score (nSPS) is 12.7. The summed E-state index contributed by atoms with van der Waals surface area (Å²) in [4.78, 5) is 9.14.